The third-order valence-corrected chi connectivity index (χ3v) is 6.86. The number of hydrogen-bond donors (Lipinski definition) is 1. The summed E-state index contributed by atoms with van der Waals surface area (Å²) < 4.78 is 11.8. The standard InChI is InChI=1S/C22H26N2O2S2/c1-16-15-28-22(24-16)20(12-19-8-5-11-27-19)23-13-17-6-2-3-9-21(17)26-14-18-7-4-10-25-18/h2-3,5-6,8-9,11,15,18,20,23H,4,7,10,12-14H2,1H3/t18-,20+/m0/s1. The topological polar surface area (TPSA) is 43.4 Å². The van der Waals surface area contributed by atoms with E-state index in [0.29, 0.717) is 6.61 Å². The molecule has 0 unspecified atom stereocenters. The third-order valence-electron chi connectivity index (χ3n) is 4.88. The quantitative estimate of drug-likeness (QED) is 0.526. The minimum absolute atomic E-state index is 0.198. The zero-order valence-corrected chi connectivity index (χ0v) is 17.7. The van der Waals surface area contributed by atoms with Crippen molar-refractivity contribution in [3.8, 4) is 5.75 Å². The van der Waals surface area contributed by atoms with Crippen molar-refractivity contribution in [3.05, 3.63) is 68.3 Å². The molecule has 1 aliphatic rings. The van der Waals surface area contributed by atoms with Gasteiger partial charge in [-0.05, 0) is 37.3 Å². The van der Waals surface area contributed by atoms with Crippen LogP contribution >= 0.6 is 22.7 Å². The second-order valence-corrected chi connectivity index (χ2v) is 9.02. The first-order chi connectivity index (χ1) is 13.8. The van der Waals surface area contributed by atoms with Gasteiger partial charge in [0.05, 0.1) is 12.1 Å². The molecule has 0 saturated carbocycles. The number of hydrogen-bond acceptors (Lipinski definition) is 6. The number of thiophene rings is 1. The second kappa shape index (κ2) is 9.65. The van der Waals surface area contributed by atoms with Crippen molar-refractivity contribution in [2.75, 3.05) is 13.2 Å². The van der Waals surface area contributed by atoms with Gasteiger partial charge in [0.25, 0.3) is 0 Å². The zero-order valence-electron chi connectivity index (χ0n) is 16.1. The van der Waals surface area contributed by atoms with E-state index < -0.39 is 0 Å². The largest absolute Gasteiger partial charge is 0.491 e. The van der Waals surface area contributed by atoms with Crippen molar-refractivity contribution in [2.45, 2.75) is 44.9 Å². The molecule has 3 heterocycles. The van der Waals surface area contributed by atoms with E-state index in [1.165, 1.54) is 10.4 Å². The van der Waals surface area contributed by atoms with Gasteiger partial charge in [-0.2, -0.15) is 0 Å². The van der Waals surface area contributed by atoms with Crippen LogP contribution in [0, 0.1) is 6.92 Å². The van der Waals surface area contributed by atoms with Crippen LogP contribution in [0.5, 0.6) is 5.75 Å². The molecule has 0 amide bonds. The van der Waals surface area contributed by atoms with Gasteiger partial charge in [-0.1, -0.05) is 24.3 Å². The average molecular weight is 415 g/mol. The molecular weight excluding hydrogens is 388 g/mol. The summed E-state index contributed by atoms with van der Waals surface area (Å²) in [5.41, 5.74) is 2.25. The Morgan fingerprint density at radius 1 is 1.25 bits per heavy atom. The van der Waals surface area contributed by atoms with Gasteiger partial charge in [0.2, 0.25) is 0 Å². The van der Waals surface area contributed by atoms with Crippen molar-refractivity contribution in [3.63, 3.8) is 0 Å². The van der Waals surface area contributed by atoms with Gasteiger partial charge >= 0.3 is 0 Å². The molecule has 1 aromatic carbocycles. The molecule has 28 heavy (non-hydrogen) atoms. The summed E-state index contributed by atoms with van der Waals surface area (Å²) in [6.07, 6.45) is 3.40. The maximum atomic E-state index is 6.09. The number of nitrogens with one attached hydrogen (secondary N) is 1. The lowest BCUT2D eigenvalue weighted by molar-refractivity contribution is 0.0675. The van der Waals surface area contributed by atoms with Crippen LogP contribution in [0.25, 0.3) is 0 Å². The average Bonchev–Trinajstić information content (AvgIpc) is 3.47. The zero-order chi connectivity index (χ0) is 19.2. The van der Waals surface area contributed by atoms with Crippen LogP contribution in [0.2, 0.25) is 0 Å². The number of thiazole rings is 1. The maximum Gasteiger partial charge on any atom is 0.123 e. The van der Waals surface area contributed by atoms with Crippen LogP contribution in [0.4, 0.5) is 0 Å². The Bertz CT molecular complexity index is 857. The monoisotopic (exact) mass is 414 g/mol. The maximum absolute atomic E-state index is 6.09. The van der Waals surface area contributed by atoms with Gasteiger partial charge in [0.1, 0.15) is 17.4 Å². The molecule has 2 atom stereocenters. The van der Waals surface area contributed by atoms with Crippen LogP contribution in [0.15, 0.2) is 47.2 Å². The first kappa shape index (κ1) is 19.6. The Hall–Kier alpha value is -1.73. The van der Waals surface area contributed by atoms with Gasteiger partial charge in [0.15, 0.2) is 0 Å². The fourth-order valence-corrected chi connectivity index (χ4v) is 5.01. The van der Waals surface area contributed by atoms with Crippen molar-refractivity contribution in [1.82, 2.24) is 10.3 Å². The minimum atomic E-state index is 0.198. The first-order valence-corrected chi connectivity index (χ1v) is 11.5. The Morgan fingerprint density at radius 2 is 2.18 bits per heavy atom. The SMILES string of the molecule is Cc1csc([C@@H](Cc2cccs2)NCc2ccccc2OC[C@@H]2CCCO2)n1. The van der Waals surface area contributed by atoms with Crippen LogP contribution in [-0.2, 0) is 17.7 Å². The Balaban J connectivity index is 1.43. The highest BCUT2D eigenvalue weighted by Gasteiger charge is 2.19. The van der Waals surface area contributed by atoms with Crippen molar-refractivity contribution in [1.29, 1.82) is 0 Å². The van der Waals surface area contributed by atoms with E-state index in [2.05, 4.69) is 47.3 Å². The fraction of sp³-hybridized carbons (Fsp3) is 0.409. The minimum Gasteiger partial charge on any atom is -0.491 e. The van der Waals surface area contributed by atoms with E-state index in [-0.39, 0.29) is 12.1 Å². The number of para-hydroxylation sites is 1. The van der Waals surface area contributed by atoms with Gasteiger partial charge in [0, 0.05) is 41.1 Å². The van der Waals surface area contributed by atoms with E-state index >= 15 is 0 Å². The molecule has 0 spiro atoms. The first-order valence-electron chi connectivity index (χ1n) is 9.78. The predicted molar refractivity (Wildman–Crippen MR) is 115 cm³/mol. The molecule has 1 aliphatic heterocycles. The lowest BCUT2D eigenvalue weighted by Crippen LogP contribution is -2.23. The Labute approximate surface area is 174 Å². The van der Waals surface area contributed by atoms with Crippen molar-refractivity contribution < 1.29 is 9.47 Å². The molecule has 0 radical (unpaired) electrons. The highest BCUT2D eigenvalue weighted by molar-refractivity contribution is 7.10. The van der Waals surface area contributed by atoms with Crippen molar-refractivity contribution >= 4 is 22.7 Å². The van der Waals surface area contributed by atoms with E-state index in [1.54, 1.807) is 22.7 Å². The number of nitrogens with zero attached hydrogens (tertiary/aromatic N) is 1. The van der Waals surface area contributed by atoms with Gasteiger partial charge in [-0.15, -0.1) is 22.7 Å². The van der Waals surface area contributed by atoms with Gasteiger partial charge < -0.3 is 14.8 Å². The molecule has 3 aromatic rings. The number of benzene rings is 1. The Kier molecular flexibility index (Phi) is 6.75. The summed E-state index contributed by atoms with van der Waals surface area (Å²) in [5, 5.41) is 9.11. The van der Waals surface area contributed by atoms with E-state index in [0.717, 1.165) is 48.9 Å². The van der Waals surface area contributed by atoms with Crippen LogP contribution in [0.3, 0.4) is 0 Å². The van der Waals surface area contributed by atoms with Gasteiger partial charge in [-0.3, -0.25) is 0 Å². The molecule has 0 aliphatic carbocycles. The molecule has 1 saturated heterocycles. The number of aromatic nitrogens is 1. The smallest absolute Gasteiger partial charge is 0.123 e. The molecule has 148 valence electrons. The normalized spacial score (nSPS) is 17.7. The molecule has 6 heteroatoms. The second-order valence-electron chi connectivity index (χ2n) is 7.10. The lowest BCUT2D eigenvalue weighted by Gasteiger charge is -2.18. The molecule has 2 aromatic heterocycles. The molecule has 0 bridgehead atoms. The predicted octanol–water partition coefficient (Wildman–Crippen LogP) is 5.14. The van der Waals surface area contributed by atoms with E-state index in [4.69, 9.17) is 14.5 Å². The number of ether oxygens (including phenoxy) is 2. The van der Waals surface area contributed by atoms with E-state index in [1.807, 2.05) is 12.1 Å². The van der Waals surface area contributed by atoms with E-state index in [9.17, 15) is 0 Å². The van der Waals surface area contributed by atoms with Crippen LogP contribution in [-0.4, -0.2) is 24.3 Å². The molecule has 1 fully saturated rings. The fourth-order valence-electron chi connectivity index (χ4n) is 3.39. The summed E-state index contributed by atoms with van der Waals surface area (Å²) in [4.78, 5) is 6.10. The lowest BCUT2D eigenvalue weighted by atomic mass is 10.1. The van der Waals surface area contributed by atoms with Crippen molar-refractivity contribution in [2.24, 2.45) is 0 Å². The summed E-state index contributed by atoms with van der Waals surface area (Å²) in [5.74, 6) is 0.940. The summed E-state index contributed by atoms with van der Waals surface area (Å²) in [7, 11) is 0. The van der Waals surface area contributed by atoms with Crippen LogP contribution < -0.4 is 10.1 Å². The molecule has 4 rings (SSSR count). The summed E-state index contributed by atoms with van der Waals surface area (Å²) >= 11 is 3.53. The molecule has 1 N–H and O–H groups in total. The summed E-state index contributed by atoms with van der Waals surface area (Å²) in [6, 6.07) is 12.8. The molecule has 4 nitrogen and oxygen atoms in total. The Morgan fingerprint density at radius 3 is 2.93 bits per heavy atom. The highest BCUT2D eigenvalue weighted by atomic mass is 32.1. The van der Waals surface area contributed by atoms with Crippen LogP contribution in [0.1, 0.15) is 40.0 Å². The summed E-state index contributed by atoms with van der Waals surface area (Å²) in [6.45, 7) is 4.28. The van der Waals surface area contributed by atoms with Gasteiger partial charge in [-0.25, -0.2) is 4.98 Å². The third kappa shape index (κ3) is 5.20. The highest BCUT2D eigenvalue weighted by Crippen LogP contribution is 2.26. The number of aryl methyl sites for hydroxylation is 1. The molecular formula is C22H26N2O2S2. The number of rotatable bonds is 9.